The third-order valence-electron chi connectivity index (χ3n) is 3.59. The minimum atomic E-state index is -0.783. The highest BCUT2D eigenvalue weighted by Crippen LogP contribution is 2.37. The van der Waals surface area contributed by atoms with Gasteiger partial charge in [0.25, 0.3) is 5.69 Å². The van der Waals surface area contributed by atoms with Gasteiger partial charge in [0, 0.05) is 16.8 Å². The van der Waals surface area contributed by atoms with Crippen molar-refractivity contribution >= 4 is 33.5 Å². The van der Waals surface area contributed by atoms with Gasteiger partial charge in [0.2, 0.25) is 0 Å². The fourth-order valence-electron chi connectivity index (χ4n) is 2.36. The quantitative estimate of drug-likeness (QED) is 0.400. The molecule has 130 valence electrons. The topological polar surface area (TPSA) is 151 Å². The van der Waals surface area contributed by atoms with Crippen LogP contribution < -0.4 is 0 Å². The molecule has 0 saturated heterocycles. The second-order valence-corrected chi connectivity index (χ2v) is 5.22. The lowest BCUT2D eigenvalue weighted by atomic mass is 10.1. The van der Waals surface area contributed by atoms with Crippen LogP contribution in [0.15, 0.2) is 58.8 Å². The van der Waals surface area contributed by atoms with Crippen molar-refractivity contribution in [1.82, 2.24) is 0 Å². The van der Waals surface area contributed by atoms with E-state index >= 15 is 0 Å². The van der Waals surface area contributed by atoms with Crippen molar-refractivity contribution in [3.8, 4) is 11.5 Å². The second-order valence-electron chi connectivity index (χ2n) is 5.22. The van der Waals surface area contributed by atoms with Crippen molar-refractivity contribution in [3.63, 3.8) is 0 Å². The van der Waals surface area contributed by atoms with Gasteiger partial charge in [-0.2, -0.15) is 0 Å². The summed E-state index contributed by atoms with van der Waals surface area (Å²) in [5, 5.41) is 49.8. The Morgan fingerprint density at radius 2 is 1.46 bits per heavy atom. The summed E-state index contributed by atoms with van der Waals surface area (Å²) in [5.74, 6) is -0.121. The predicted molar refractivity (Wildman–Crippen MR) is 91.2 cm³/mol. The molecule has 0 atom stereocenters. The van der Waals surface area contributed by atoms with E-state index < -0.39 is 21.2 Å². The van der Waals surface area contributed by atoms with Gasteiger partial charge in [-0.3, -0.25) is 20.2 Å². The predicted octanol–water partition coefficient (Wildman–Crippen LogP) is 4.48. The monoisotopic (exact) mass is 354 g/mol. The van der Waals surface area contributed by atoms with E-state index in [1.54, 1.807) is 0 Å². The zero-order valence-electron chi connectivity index (χ0n) is 12.9. The van der Waals surface area contributed by atoms with Gasteiger partial charge in [-0.15, -0.1) is 10.2 Å². The number of fused-ring (bicyclic) bond motifs is 1. The van der Waals surface area contributed by atoms with E-state index in [0.29, 0.717) is 16.5 Å². The number of nitrogens with zero attached hydrogens (tertiary/aromatic N) is 4. The molecule has 0 unspecified atom stereocenters. The Hall–Kier alpha value is -4.08. The zero-order chi connectivity index (χ0) is 18.8. The summed E-state index contributed by atoms with van der Waals surface area (Å²) in [5.41, 5.74) is -0.837. The van der Waals surface area contributed by atoms with Crippen molar-refractivity contribution in [2.24, 2.45) is 10.2 Å². The number of phenols is 2. The first kappa shape index (κ1) is 16.8. The lowest BCUT2D eigenvalue weighted by Gasteiger charge is -2.04. The molecular weight excluding hydrogens is 344 g/mol. The highest BCUT2D eigenvalue weighted by Gasteiger charge is 2.19. The number of aromatic hydroxyl groups is 2. The van der Waals surface area contributed by atoms with E-state index in [1.807, 2.05) is 0 Å². The van der Waals surface area contributed by atoms with Gasteiger partial charge in [-0.05, 0) is 36.4 Å². The molecule has 0 aliphatic heterocycles. The molecule has 0 bridgehead atoms. The maximum atomic E-state index is 11.1. The standard InChI is InChI=1S/C16H10N4O6/c21-10-2-3-11-12(8-10)16(22)6-5-13(11)17-18-14-4-1-9(19(23)24)7-15(14)20(25)26/h1-8,21-22H/b18-17+. The van der Waals surface area contributed by atoms with Crippen molar-refractivity contribution in [2.45, 2.75) is 0 Å². The van der Waals surface area contributed by atoms with Gasteiger partial charge in [0.15, 0.2) is 5.69 Å². The van der Waals surface area contributed by atoms with Crippen LogP contribution in [0.5, 0.6) is 11.5 Å². The Kier molecular flexibility index (Phi) is 4.15. The molecule has 0 spiro atoms. The zero-order valence-corrected chi connectivity index (χ0v) is 12.9. The number of phenolic OH excluding ortho intramolecular Hbond substituents is 2. The lowest BCUT2D eigenvalue weighted by Crippen LogP contribution is -1.92. The summed E-state index contributed by atoms with van der Waals surface area (Å²) in [4.78, 5) is 20.4. The fourth-order valence-corrected chi connectivity index (χ4v) is 2.36. The average Bonchev–Trinajstić information content (AvgIpc) is 2.61. The van der Waals surface area contributed by atoms with E-state index in [9.17, 15) is 30.4 Å². The van der Waals surface area contributed by atoms with Crippen LogP contribution in [0.3, 0.4) is 0 Å². The van der Waals surface area contributed by atoms with Crippen LogP contribution in [0, 0.1) is 20.2 Å². The molecule has 0 aliphatic rings. The summed E-state index contributed by atoms with van der Waals surface area (Å²) in [7, 11) is 0. The van der Waals surface area contributed by atoms with E-state index in [2.05, 4.69) is 10.2 Å². The Bertz CT molecular complexity index is 1080. The second kappa shape index (κ2) is 6.43. The van der Waals surface area contributed by atoms with E-state index in [1.165, 1.54) is 30.3 Å². The number of rotatable bonds is 4. The first-order valence-electron chi connectivity index (χ1n) is 7.16. The van der Waals surface area contributed by atoms with Crippen molar-refractivity contribution < 1.29 is 20.1 Å². The SMILES string of the molecule is O=[N+]([O-])c1ccc(/N=N/c2ccc(O)c3cc(O)ccc23)c([N+](=O)[O-])c1. The number of benzene rings is 3. The first-order chi connectivity index (χ1) is 12.4. The van der Waals surface area contributed by atoms with Crippen molar-refractivity contribution in [1.29, 1.82) is 0 Å². The molecule has 0 aromatic heterocycles. The van der Waals surface area contributed by atoms with Crippen LogP contribution in [0.2, 0.25) is 0 Å². The summed E-state index contributed by atoms with van der Waals surface area (Å²) in [6.45, 7) is 0. The molecule has 0 fully saturated rings. The van der Waals surface area contributed by atoms with Crippen molar-refractivity contribution in [3.05, 3.63) is 68.8 Å². The number of non-ortho nitro benzene ring substituents is 1. The molecule has 3 rings (SSSR count). The maximum Gasteiger partial charge on any atom is 0.303 e. The van der Waals surface area contributed by atoms with Crippen LogP contribution in [-0.2, 0) is 0 Å². The molecule has 0 heterocycles. The highest BCUT2D eigenvalue weighted by molar-refractivity contribution is 5.97. The molecule has 0 aliphatic carbocycles. The van der Waals surface area contributed by atoms with Gasteiger partial charge in [0.05, 0.1) is 21.6 Å². The molecule has 10 nitrogen and oxygen atoms in total. The lowest BCUT2D eigenvalue weighted by molar-refractivity contribution is -0.393. The molecular formula is C16H10N4O6. The number of azo groups is 1. The molecule has 3 aromatic carbocycles. The highest BCUT2D eigenvalue weighted by atomic mass is 16.6. The molecule has 10 heteroatoms. The fraction of sp³-hybridized carbons (Fsp3) is 0. The van der Waals surface area contributed by atoms with E-state index in [4.69, 9.17) is 0 Å². The molecule has 3 aromatic rings. The van der Waals surface area contributed by atoms with Crippen LogP contribution >= 0.6 is 0 Å². The Morgan fingerprint density at radius 1 is 0.769 bits per heavy atom. The largest absolute Gasteiger partial charge is 0.508 e. The molecule has 0 amide bonds. The van der Waals surface area contributed by atoms with Gasteiger partial charge >= 0.3 is 5.69 Å². The van der Waals surface area contributed by atoms with Crippen molar-refractivity contribution in [2.75, 3.05) is 0 Å². The van der Waals surface area contributed by atoms with E-state index in [0.717, 1.165) is 18.2 Å². The molecule has 0 radical (unpaired) electrons. The van der Waals surface area contributed by atoms with Crippen LogP contribution in [0.4, 0.5) is 22.7 Å². The van der Waals surface area contributed by atoms with Gasteiger partial charge in [-0.1, -0.05) is 0 Å². The van der Waals surface area contributed by atoms with Crippen LogP contribution in [-0.4, -0.2) is 20.1 Å². The molecule has 2 N–H and O–H groups in total. The average molecular weight is 354 g/mol. The maximum absolute atomic E-state index is 11.1. The number of nitro benzene ring substituents is 2. The van der Waals surface area contributed by atoms with Crippen LogP contribution in [0.25, 0.3) is 10.8 Å². The Morgan fingerprint density at radius 3 is 2.15 bits per heavy atom. The third kappa shape index (κ3) is 3.11. The van der Waals surface area contributed by atoms with Gasteiger partial charge < -0.3 is 10.2 Å². The molecule has 26 heavy (non-hydrogen) atoms. The minimum absolute atomic E-state index is 0.0482. The summed E-state index contributed by atoms with van der Waals surface area (Å²) >= 11 is 0. The normalized spacial score (nSPS) is 11.1. The summed E-state index contributed by atoms with van der Waals surface area (Å²) in [6, 6.07) is 10.1. The van der Waals surface area contributed by atoms with Gasteiger partial charge in [-0.25, -0.2) is 0 Å². The first-order valence-corrected chi connectivity index (χ1v) is 7.16. The number of hydrogen-bond donors (Lipinski definition) is 2. The molecule has 0 saturated carbocycles. The summed E-state index contributed by atoms with van der Waals surface area (Å²) < 4.78 is 0. The van der Waals surface area contributed by atoms with Gasteiger partial charge in [0.1, 0.15) is 11.5 Å². The minimum Gasteiger partial charge on any atom is -0.508 e. The third-order valence-corrected chi connectivity index (χ3v) is 3.59. The Balaban J connectivity index is 2.09. The van der Waals surface area contributed by atoms with E-state index in [-0.39, 0.29) is 17.2 Å². The smallest absolute Gasteiger partial charge is 0.303 e. The number of hydrogen-bond acceptors (Lipinski definition) is 8. The number of nitro groups is 2. The Labute approximate surface area is 145 Å². The van der Waals surface area contributed by atoms with Crippen LogP contribution in [0.1, 0.15) is 0 Å². The summed E-state index contributed by atoms with van der Waals surface area (Å²) in [6.07, 6.45) is 0.